The first kappa shape index (κ1) is 15.7. The van der Waals surface area contributed by atoms with Gasteiger partial charge in [-0.3, -0.25) is 9.69 Å². The number of nitrogens with zero attached hydrogens (tertiary/aromatic N) is 3. The fourth-order valence-corrected chi connectivity index (χ4v) is 3.02. The largest absolute Gasteiger partial charge is 0.340 e. The average molecular weight is 282 g/mol. The van der Waals surface area contributed by atoms with Crippen LogP contribution in [0, 0.1) is 5.92 Å². The zero-order valence-electron chi connectivity index (χ0n) is 13.1. The maximum atomic E-state index is 12.3. The topological polar surface area (TPSA) is 38.8 Å². The van der Waals surface area contributed by atoms with Crippen LogP contribution in [0.25, 0.3) is 0 Å². The fraction of sp³-hybridized carbons (Fsp3) is 0.933. The minimum Gasteiger partial charge on any atom is -0.340 e. The van der Waals surface area contributed by atoms with E-state index in [9.17, 15) is 4.79 Å². The number of rotatable bonds is 5. The van der Waals surface area contributed by atoms with E-state index in [1.807, 2.05) is 0 Å². The van der Waals surface area contributed by atoms with Crippen molar-refractivity contribution in [3.63, 3.8) is 0 Å². The normalized spacial score (nSPS) is 22.4. The van der Waals surface area contributed by atoms with Gasteiger partial charge in [0.25, 0.3) is 0 Å². The van der Waals surface area contributed by atoms with Crippen LogP contribution in [-0.2, 0) is 4.79 Å². The number of carbonyl (C=O) groups is 1. The van der Waals surface area contributed by atoms with Crippen molar-refractivity contribution in [2.24, 2.45) is 5.92 Å². The Bertz CT molecular complexity index is 294. The van der Waals surface area contributed by atoms with Gasteiger partial charge in [-0.05, 0) is 45.9 Å². The van der Waals surface area contributed by atoms with Gasteiger partial charge in [-0.1, -0.05) is 0 Å². The molecule has 5 heteroatoms. The number of nitrogens with one attached hydrogen (secondary N) is 1. The molecule has 1 N–H and O–H groups in total. The zero-order valence-corrected chi connectivity index (χ0v) is 13.1. The van der Waals surface area contributed by atoms with Gasteiger partial charge in [-0.2, -0.15) is 0 Å². The molecular weight excluding hydrogens is 252 g/mol. The molecule has 2 heterocycles. The minimum atomic E-state index is 0.379. The van der Waals surface area contributed by atoms with E-state index in [4.69, 9.17) is 0 Å². The lowest BCUT2D eigenvalue weighted by molar-refractivity contribution is -0.134. The minimum absolute atomic E-state index is 0.379. The smallest absolute Gasteiger partial charge is 0.222 e. The molecule has 2 aliphatic heterocycles. The summed E-state index contributed by atoms with van der Waals surface area (Å²) in [6.07, 6.45) is 3.09. The Kier molecular flexibility index (Phi) is 6.26. The Morgan fingerprint density at radius 1 is 1.15 bits per heavy atom. The van der Waals surface area contributed by atoms with Gasteiger partial charge in [0.2, 0.25) is 5.91 Å². The Balaban J connectivity index is 1.66. The lowest BCUT2D eigenvalue weighted by Crippen LogP contribution is -2.50. The van der Waals surface area contributed by atoms with Crippen molar-refractivity contribution in [3.05, 3.63) is 0 Å². The lowest BCUT2D eigenvalue weighted by atomic mass is 9.94. The molecule has 2 fully saturated rings. The summed E-state index contributed by atoms with van der Waals surface area (Å²) in [7, 11) is 4.22. The molecule has 0 atom stereocenters. The van der Waals surface area contributed by atoms with Gasteiger partial charge in [-0.15, -0.1) is 0 Å². The van der Waals surface area contributed by atoms with E-state index < -0.39 is 0 Å². The van der Waals surface area contributed by atoms with Crippen LogP contribution in [0.2, 0.25) is 0 Å². The Hall–Kier alpha value is -0.650. The van der Waals surface area contributed by atoms with Gasteiger partial charge in [0, 0.05) is 45.7 Å². The van der Waals surface area contributed by atoms with E-state index in [1.165, 1.54) is 0 Å². The molecule has 20 heavy (non-hydrogen) atoms. The van der Waals surface area contributed by atoms with E-state index in [1.54, 1.807) is 0 Å². The van der Waals surface area contributed by atoms with Crippen LogP contribution in [0.4, 0.5) is 0 Å². The van der Waals surface area contributed by atoms with E-state index in [0.717, 1.165) is 71.6 Å². The molecule has 1 amide bonds. The molecule has 0 unspecified atom stereocenters. The SMILES string of the molecule is CN(C)CCN1CCN(C(=O)CC2CCNCC2)CC1. The van der Waals surface area contributed by atoms with Crippen molar-refractivity contribution in [1.29, 1.82) is 0 Å². The maximum Gasteiger partial charge on any atom is 0.222 e. The average Bonchev–Trinajstić information content (AvgIpc) is 2.46. The van der Waals surface area contributed by atoms with Gasteiger partial charge in [-0.25, -0.2) is 0 Å². The van der Waals surface area contributed by atoms with Crippen molar-refractivity contribution in [2.45, 2.75) is 19.3 Å². The fourth-order valence-electron chi connectivity index (χ4n) is 3.02. The van der Waals surface area contributed by atoms with Gasteiger partial charge in [0.05, 0.1) is 0 Å². The van der Waals surface area contributed by atoms with Gasteiger partial charge in [0.15, 0.2) is 0 Å². The van der Waals surface area contributed by atoms with Crippen LogP contribution in [-0.4, -0.2) is 87.1 Å². The molecule has 0 spiro atoms. The Labute approximate surface area is 123 Å². The summed E-state index contributed by atoms with van der Waals surface area (Å²) < 4.78 is 0. The second kappa shape index (κ2) is 7.96. The molecule has 2 rings (SSSR count). The van der Waals surface area contributed by atoms with Gasteiger partial charge in [0.1, 0.15) is 0 Å². The summed E-state index contributed by atoms with van der Waals surface area (Å²) in [6.45, 7) is 8.27. The summed E-state index contributed by atoms with van der Waals surface area (Å²) in [6, 6.07) is 0. The third kappa shape index (κ3) is 5.04. The molecule has 0 aromatic rings. The maximum absolute atomic E-state index is 12.3. The first-order valence-electron chi connectivity index (χ1n) is 8.00. The molecule has 2 aliphatic rings. The summed E-state index contributed by atoms with van der Waals surface area (Å²) in [4.78, 5) is 19.1. The van der Waals surface area contributed by atoms with Gasteiger partial charge >= 0.3 is 0 Å². The van der Waals surface area contributed by atoms with E-state index in [2.05, 4.69) is 34.1 Å². The molecule has 0 radical (unpaired) electrons. The molecule has 2 saturated heterocycles. The van der Waals surface area contributed by atoms with Crippen LogP contribution in [0.3, 0.4) is 0 Å². The van der Waals surface area contributed by atoms with Crippen molar-refractivity contribution < 1.29 is 4.79 Å². The van der Waals surface area contributed by atoms with E-state index in [0.29, 0.717) is 11.8 Å². The van der Waals surface area contributed by atoms with Crippen LogP contribution < -0.4 is 5.32 Å². The molecule has 0 aliphatic carbocycles. The van der Waals surface area contributed by atoms with Crippen LogP contribution in [0.1, 0.15) is 19.3 Å². The van der Waals surface area contributed by atoms with Gasteiger partial charge < -0.3 is 15.1 Å². The molecule has 0 aromatic carbocycles. The molecule has 5 nitrogen and oxygen atoms in total. The summed E-state index contributed by atoms with van der Waals surface area (Å²) in [5.41, 5.74) is 0. The van der Waals surface area contributed by atoms with Crippen LogP contribution in [0.15, 0.2) is 0 Å². The molecule has 116 valence electrons. The number of piperidine rings is 1. The van der Waals surface area contributed by atoms with E-state index in [-0.39, 0.29) is 0 Å². The number of hydrogen-bond donors (Lipinski definition) is 1. The van der Waals surface area contributed by atoms with Crippen molar-refractivity contribution in [2.75, 3.05) is 66.5 Å². The number of piperazine rings is 1. The predicted octanol–water partition coefficient (Wildman–Crippen LogP) is 0.0819. The monoisotopic (exact) mass is 282 g/mol. The predicted molar refractivity (Wildman–Crippen MR) is 81.8 cm³/mol. The van der Waals surface area contributed by atoms with Crippen LogP contribution in [0.5, 0.6) is 0 Å². The molecule has 0 bridgehead atoms. The van der Waals surface area contributed by atoms with Crippen molar-refractivity contribution in [1.82, 2.24) is 20.0 Å². The van der Waals surface area contributed by atoms with Crippen molar-refractivity contribution in [3.8, 4) is 0 Å². The zero-order chi connectivity index (χ0) is 14.4. The van der Waals surface area contributed by atoms with E-state index >= 15 is 0 Å². The standard InChI is InChI=1S/C15H30N4O/c1-17(2)7-8-18-9-11-19(12-10-18)15(20)13-14-3-5-16-6-4-14/h14,16H,3-13H2,1-2H3. The highest BCUT2D eigenvalue weighted by atomic mass is 16.2. The second-order valence-corrected chi connectivity index (χ2v) is 6.42. The lowest BCUT2D eigenvalue weighted by Gasteiger charge is -2.36. The quantitative estimate of drug-likeness (QED) is 0.775. The number of hydrogen-bond acceptors (Lipinski definition) is 4. The van der Waals surface area contributed by atoms with Crippen molar-refractivity contribution >= 4 is 5.91 Å². The number of likely N-dealkylation sites (N-methyl/N-ethyl adjacent to an activating group) is 1. The third-order valence-corrected chi connectivity index (χ3v) is 4.51. The van der Waals surface area contributed by atoms with Crippen LogP contribution >= 0.6 is 0 Å². The highest BCUT2D eigenvalue weighted by Gasteiger charge is 2.24. The first-order valence-corrected chi connectivity index (χ1v) is 8.00. The number of carbonyl (C=O) groups excluding carboxylic acids is 1. The second-order valence-electron chi connectivity index (χ2n) is 6.42. The highest BCUT2D eigenvalue weighted by Crippen LogP contribution is 2.17. The summed E-state index contributed by atoms with van der Waals surface area (Å²) >= 11 is 0. The summed E-state index contributed by atoms with van der Waals surface area (Å²) in [5, 5.41) is 3.36. The molecule has 0 saturated carbocycles. The number of amides is 1. The molecule has 0 aromatic heterocycles. The first-order chi connectivity index (χ1) is 9.65. The summed E-state index contributed by atoms with van der Waals surface area (Å²) in [5.74, 6) is 0.986. The third-order valence-electron chi connectivity index (χ3n) is 4.51. The Morgan fingerprint density at radius 3 is 2.40 bits per heavy atom. The highest BCUT2D eigenvalue weighted by molar-refractivity contribution is 5.76. The Morgan fingerprint density at radius 2 is 1.80 bits per heavy atom. The molecular formula is C15H30N4O.